The van der Waals surface area contributed by atoms with E-state index >= 15 is 0 Å². The SMILES string of the molecule is COc1ccc(Cl)cc1S(=O)(=O)N1CCN(C(=O)C2CC2)CC1. The number of hydrogen-bond donors (Lipinski definition) is 0. The van der Waals surface area contributed by atoms with Crippen LogP contribution in [0.5, 0.6) is 5.75 Å². The second-order valence-electron chi connectivity index (χ2n) is 5.80. The van der Waals surface area contributed by atoms with E-state index in [-0.39, 0.29) is 35.6 Å². The normalized spacial score (nSPS) is 19.7. The van der Waals surface area contributed by atoms with Crippen molar-refractivity contribution in [2.75, 3.05) is 33.3 Å². The summed E-state index contributed by atoms with van der Waals surface area (Å²) in [6.45, 7) is 1.43. The van der Waals surface area contributed by atoms with Gasteiger partial charge in [0.15, 0.2) is 0 Å². The molecule has 1 aliphatic carbocycles. The number of hydrogen-bond acceptors (Lipinski definition) is 4. The molecule has 1 aromatic carbocycles. The van der Waals surface area contributed by atoms with Gasteiger partial charge >= 0.3 is 0 Å². The molecule has 8 heteroatoms. The zero-order chi connectivity index (χ0) is 16.6. The lowest BCUT2D eigenvalue weighted by Crippen LogP contribution is -2.50. The van der Waals surface area contributed by atoms with E-state index in [1.54, 1.807) is 17.0 Å². The Morgan fingerprint density at radius 3 is 2.43 bits per heavy atom. The Morgan fingerprint density at radius 1 is 1.22 bits per heavy atom. The topological polar surface area (TPSA) is 66.9 Å². The van der Waals surface area contributed by atoms with Crippen LogP contribution in [0.25, 0.3) is 0 Å². The van der Waals surface area contributed by atoms with Crippen molar-refractivity contribution in [2.45, 2.75) is 17.7 Å². The van der Waals surface area contributed by atoms with E-state index in [1.807, 2.05) is 0 Å². The average molecular weight is 359 g/mol. The average Bonchev–Trinajstić information content (AvgIpc) is 3.39. The first-order valence-corrected chi connectivity index (χ1v) is 9.38. The molecule has 1 saturated heterocycles. The molecule has 1 amide bonds. The minimum Gasteiger partial charge on any atom is -0.495 e. The highest BCUT2D eigenvalue weighted by molar-refractivity contribution is 7.89. The smallest absolute Gasteiger partial charge is 0.246 e. The molecule has 6 nitrogen and oxygen atoms in total. The van der Waals surface area contributed by atoms with Crippen molar-refractivity contribution in [3.05, 3.63) is 23.2 Å². The first-order valence-electron chi connectivity index (χ1n) is 7.56. The number of sulfonamides is 1. The third kappa shape index (κ3) is 3.32. The number of benzene rings is 1. The van der Waals surface area contributed by atoms with E-state index in [1.165, 1.54) is 17.5 Å². The zero-order valence-corrected chi connectivity index (χ0v) is 14.4. The summed E-state index contributed by atoms with van der Waals surface area (Å²) in [6.07, 6.45) is 1.91. The molecule has 0 unspecified atom stereocenters. The molecule has 1 aliphatic heterocycles. The molecule has 1 heterocycles. The molecule has 1 aromatic rings. The van der Waals surface area contributed by atoms with Gasteiger partial charge in [-0.05, 0) is 31.0 Å². The van der Waals surface area contributed by atoms with E-state index < -0.39 is 10.0 Å². The van der Waals surface area contributed by atoms with E-state index in [2.05, 4.69) is 0 Å². The predicted molar refractivity (Wildman–Crippen MR) is 86.1 cm³/mol. The van der Waals surface area contributed by atoms with Gasteiger partial charge in [0.1, 0.15) is 10.6 Å². The molecule has 0 radical (unpaired) electrons. The molecule has 23 heavy (non-hydrogen) atoms. The van der Waals surface area contributed by atoms with Gasteiger partial charge in [-0.25, -0.2) is 8.42 Å². The van der Waals surface area contributed by atoms with Crippen molar-refractivity contribution in [1.82, 2.24) is 9.21 Å². The Labute approximate surface area is 141 Å². The third-order valence-electron chi connectivity index (χ3n) is 4.22. The lowest BCUT2D eigenvalue weighted by Gasteiger charge is -2.34. The van der Waals surface area contributed by atoms with Crippen LogP contribution in [-0.2, 0) is 14.8 Å². The van der Waals surface area contributed by atoms with Crippen molar-refractivity contribution in [2.24, 2.45) is 5.92 Å². The van der Waals surface area contributed by atoms with Gasteiger partial charge < -0.3 is 9.64 Å². The van der Waals surface area contributed by atoms with Gasteiger partial charge in [-0.1, -0.05) is 11.6 Å². The first kappa shape index (κ1) is 16.5. The van der Waals surface area contributed by atoms with E-state index in [0.29, 0.717) is 18.1 Å². The van der Waals surface area contributed by atoms with Crippen LogP contribution < -0.4 is 4.74 Å². The molecule has 1 saturated carbocycles. The highest BCUT2D eigenvalue weighted by Crippen LogP contribution is 2.33. The number of ether oxygens (including phenoxy) is 1. The molecule has 2 aliphatic rings. The highest BCUT2D eigenvalue weighted by atomic mass is 35.5. The fraction of sp³-hybridized carbons (Fsp3) is 0.533. The molecule has 0 aromatic heterocycles. The van der Waals surface area contributed by atoms with Crippen LogP contribution in [0.2, 0.25) is 5.02 Å². The molecule has 126 valence electrons. The largest absolute Gasteiger partial charge is 0.495 e. The second-order valence-corrected chi connectivity index (χ2v) is 8.14. The van der Waals surface area contributed by atoms with Crippen molar-refractivity contribution < 1.29 is 17.9 Å². The van der Waals surface area contributed by atoms with Gasteiger partial charge in [-0.3, -0.25) is 4.79 Å². The first-order chi connectivity index (χ1) is 10.9. The molecule has 3 rings (SSSR count). The maximum Gasteiger partial charge on any atom is 0.246 e. The molecule has 0 spiro atoms. The molecular weight excluding hydrogens is 340 g/mol. The number of carbonyl (C=O) groups is 1. The second kappa shape index (κ2) is 6.30. The Kier molecular flexibility index (Phi) is 4.53. The summed E-state index contributed by atoms with van der Waals surface area (Å²) in [5.74, 6) is 0.583. The Morgan fingerprint density at radius 2 is 1.87 bits per heavy atom. The Hall–Kier alpha value is -1.31. The number of rotatable bonds is 4. The number of amides is 1. The quantitative estimate of drug-likeness (QED) is 0.819. The minimum absolute atomic E-state index is 0.0643. The van der Waals surface area contributed by atoms with Crippen LogP contribution in [0.15, 0.2) is 23.1 Å². The fourth-order valence-corrected chi connectivity index (χ4v) is 4.57. The van der Waals surface area contributed by atoms with Crippen LogP contribution in [0.4, 0.5) is 0 Å². The molecular formula is C15H19ClN2O4S. The summed E-state index contributed by atoms with van der Waals surface area (Å²) in [7, 11) is -2.27. The van der Waals surface area contributed by atoms with E-state index in [9.17, 15) is 13.2 Å². The monoisotopic (exact) mass is 358 g/mol. The summed E-state index contributed by atoms with van der Waals surface area (Å²) in [5.41, 5.74) is 0. The van der Waals surface area contributed by atoms with Crippen LogP contribution in [0.1, 0.15) is 12.8 Å². The van der Waals surface area contributed by atoms with Crippen LogP contribution in [-0.4, -0.2) is 56.8 Å². The van der Waals surface area contributed by atoms with Gasteiger partial charge in [0.05, 0.1) is 7.11 Å². The predicted octanol–water partition coefficient (Wildman–Crippen LogP) is 1.59. The van der Waals surface area contributed by atoms with Gasteiger partial charge in [0, 0.05) is 37.1 Å². The van der Waals surface area contributed by atoms with Crippen LogP contribution >= 0.6 is 11.6 Å². The number of nitrogens with zero attached hydrogens (tertiary/aromatic N) is 2. The van der Waals surface area contributed by atoms with E-state index in [4.69, 9.17) is 16.3 Å². The van der Waals surface area contributed by atoms with Crippen molar-refractivity contribution >= 4 is 27.5 Å². The van der Waals surface area contributed by atoms with Crippen molar-refractivity contribution in [3.8, 4) is 5.75 Å². The number of halogens is 1. The van der Waals surface area contributed by atoms with Crippen LogP contribution in [0.3, 0.4) is 0 Å². The maximum absolute atomic E-state index is 12.8. The minimum atomic E-state index is -3.70. The summed E-state index contributed by atoms with van der Waals surface area (Å²) < 4.78 is 32.2. The summed E-state index contributed by atoms with van der Waals surface area (Å²) in [4.78, 5) is 13.9. The van der Waals surface area contributed by atoms with Crippen molar-refractivity contribution in [1.29, 1.82) is 0 Å². The van der Waals surface area contributed by atoms with Crippen LogP contribution in [0, 0.1) is 5.92 Å². The highest BCUT2D eigenvalue weighted by Gasteiger charge is 2.37. The van der Waals surface area contributed by atoms with Gasteiger partial charge in [0.25, 0.3) is 0 Å². The molecule has 0 N–H and O–H groups in total. The standard InChI is InChI=1S/C15H19ClN2O4S/c1-22-13-5-4-12(16)10-14(13)23(20,21)18-8-6-17(7-9-18)15(19)11-2-3-11/h4-5,10-11H,2-3,6-9H2,1H3. The Balaban J connectivity index is 1.76. The summed E-state index contributed by atoms with van der Waals surface area (Å²) in [5, 5.41) is 0.340. The van der Waals surface area contributed by atoms with E-state index in [0.717, 1.165) is 12.8 Å². The molecule has 0 atom stereocenters. The number of methoxy groups -OCH3 is 1. The summed E-state index contributed by atoms with van der Waals surface area (Å²) in [6, 6.07) is 4.53. The van der Waals surface area contributed by atoms with Gasteiger partial charge in [0.2, 0.25) is 15.9 Å². The third-order valence-corrected chi connectivity index (χ3v) is 6.38. The molecule has 2 fully saturated rings. The van der Waals surface area contributed by atoms with Crippen molar-refractivity contribution in [3.63, 3.8) is 0 Å². The lowest BCUT2D eigenvalue weighted by molar-refractivity contribution is -0.133. The summed E-state index contributed by atoms with van der Waals surface area (Å²) >= 11 is 5.93. The lowest BCUT2D eigenvalue weighted by atomic mass is 10.3. The number of piperazine rings is 1. The molecule has 0 bridgehead atoms. The number of carbonyl (C=O) groups excluding carboxylic acids is 1. The Bertz CT molecular complexity index is 710. The van der Waals surface area contributed by atoms with Gasteiger partial charge in [-0.15, -0.1) is 0 Å². The zero-order valence-electron chi connectivity index (χ0n) is 12.9. The fourth-order valence-electron chi connectivity index (χ4n) is 2.73. The van der Waals surface area contributed by atoms with Gasteiger partial charge in [-0.2, -0.15) is 4.31 Å². The maximum atomic E-state index is 12.8.